The van der Waals surface area contributed by atoms with Crippen LogP contribution in [0.25, 0.3) is 28.0 Å². The van der Waals surface area contributed by atoms with Crippen molar-refractivity contribution in [3.8, 4) is 16.9 Å². The number of nitrogens with one attached hydrogen (secondary N) is 2. The van der Waals surface area contributed by atoms with Crippen LogP contribution in [0.3, 0.4) is 0 Å². The fourth-order valence-corrected chi connectivity index (χ4v) is 6.93. The predicted molar refractivity (Wildman–Crippen MR) is 177 cm³/mol. The Hall–Kier alpha value is -3.22. The number of H-pyrrole nitrogens is 1. The van der Waals surface area contributed by atoms with E-state index in [1.54, 1.807) is 24.4 Å². The molecule has 1 fully saturated rings. The summed E-state index contributed by atoms with van der Waals surface area (Å²) in [5, 5.41) is 18.9. The van der Waals surface area contributed by atoms with Crippen molar-refractivity contribution in [3.05, 3.63) is 81.1 Å². The van der Waals surface area contributed by atoms with E-state index in [1.165, 1.54) is 16.3 Å². The number of piperidine rings is 1. The van der Waals surface area contributed by atoms with Crippen LogP contribution in [0.4, 0.5) is 4.39 Å². The molecule has 9 nitrogen and oxygen atoms in total. The SMILES string of the molecule is C[C@H](N)CCCc1cc(Cl)c(F)c(-c2cc3cn(-c4ccc([C@@H]5CCC(O)[C@@H](CCSC(=N)N)N5C)cc4)c(=O)nc3[nH]2)c1. The fraction of sp³-hybridized carbons (Fsp3) is 0.406. The molecule has 1 saturated heterocycles. The Kier molecular flexibility index (Phi) is 10.1. The smallest absolute Gasteiger partial charge is 0.354 e. The lowest BCUT2D eigenvalue weighted by Crippen LogP contribution is -2.47. The number of nitrogens with zero attached hydrogens (tertiary/aromatic N) is 3. The molecular formula is C32H39ClFN7O2S. The summed E-state index contributed by atoms with van der Waals surface area (Å²) in [6, 6.07) is 13.2. The average Bonchev–Trinajstić information content (AvgIpc) is 3.38. The molecule has 0 saturated carbocycles. The largest absolute Gasteiger partial charge is 0.391 e. The molecule has 2 aromatic heterocycles. The average molecular weight is 640 g/mol. The van der Waals surface area contributed by atoms with Crippen molar-refractivity contribution in [2.24, 2.45) is 11.5 Å². The van der Waals surface area contributed by atoms with Gasteiger partial charge in [-0.2, -0.15) is 4.98 Å². The Morgan fingerprint density at radius 3 is 2.73 bits per heavy atom. The topological polar surface area (TPSA) is 150 Å². The number of likely N-dealkylation sites (tertiary alicyclic amines) is 1. The molecule has 5 rings (SSSR count). The van der Waals surface area contributed by atoms with Crippen molar-refractivity contribution < 1.29 is 9.50 Å². The van der Waals surface area contributed by atoms with E-state index in [9.17, 15) is 9.90 Å². The van der Waals surface area contributed by atoms with Crippen molar-refractivity contribution in [2.75, 3.05) is 12.8 Å². The molecule has 44 heavy (non-hydrogen) atoms. The summed E-state index contributed by atoms with van der Waals surface area (Å²) in [7, 11) is 2.02. The van der Waals surface area contributed by atoms with Gasteiger partial charge in [0.15, 0.2) is 11.0 Å². The molecule has 2 aromatic carbocycles. The number of nitrogens with two attached hydrogens (primary N) is 2. The molecule has 4 aromatic rings. The van der Waals surface area contributed by atoms with E-state index in [1.807, 2.05) is 38.2 Å². The predicted octanol–water partition coefficient (Wildman–Crippen LogP) is 5.36. The van der Waals surface area contributed by atoms with Gasteiger partial charge in [0.05, 0.1) is 22.5 Å². The van der Waals surface area contributed by atoms with Crippen molar-refractivity contribution in [1.29, 1.82) is 5.41 Å². The van der Waals surface area contributed by atoms with Crippen LogP contribution in [-0.2, 0) is 6.42 Å². The maximum absolute atomic E-state index is 15.1. The Labute approximate surface area is 265 Å². The number of thioether (sulfide) groups is 1. The molecule has 1 aliphatic rings. The number of hydrogen-bond donors (Lipinski definition) is 5. The van der Waals surface area contributed by atoms with Crippen molar-refractivity contribution in [1.82, 2.24) is 19.4 Å². The highest BCUT2D eigenvalue weighted by Gasteiger charge is 2.34. The number of hydrogen-bond acceptors (Lipinski definition) is 7. The quantitative estimate of drug-likeness (QED) is 0.116. The van der Waals surface area contributed by atoms with Gasteiger partial charge in [-0.1, -0.05) is 35.5 Å². The first-order valence-electron chi connectivity index (χ1n) is 14.8. The molecule has 4 atom stereocenters. The van der Waals surface area contributed by atoms with Crippen LogP contribution < -0.4 is 17.2 Å². The molecule has 0 amide bonds. The number of rotatable bonds is 10. The van der Waals surface area contributed by atoms with Crippen molar-refractivity contribution in [2.45, 2.75) is 69.7 Å². The minimum absolute atomic E-state index is 0.0349. The van der Waals surface area contributed by atoms with Gasteiger partial charge in [-0.15, -0.1) is 0 Å². The Balaban J connectivity index is 1.37. The van der Waals surface area contributed by atoms with E-state index in [4.69, 9.17) is 28.5 Å². The van der Waals surface area contributed by atoms with E-state index in [0.717, 1.165) is 43.2 Å². The van der Waals surface area contributed by atoms with E-state index >= 15 is 4.39 Å². The third kappa shape index (κ3) is 7.18. The second kappa shape index (κ2) is 13.8. The summed E-state index contributed by atoms with van der Waals surface area (Å²) in [5.74, 6) is 0.144. The van der Waals surface area contributed by atoms with Gasteiger partial charge in [-0.3, -0.25) is 14.9 Å². The Morgan fingerprint density at radius 1 is 1.27 bits per heavy atom. The van der Waals surface area contributed by atoms with Gasteiger partial charge in [0.2, 0.25) is 0 Å². The number of fused-ring (bicyclic) bond motifs is 1. The Morgan fingerprint density at radius 2 is 2.02 bits per heavy atom. The third-order valence-electron chi connectivity index (χ3n) is 8.43. The monoisotopic (exact) mass is 639 g/mol. The van der Waals surface area contributed by atoms with Crippen molar-refractivity contribution >= 4 is 39.6 Å². The zero-order valence-electron chi connectivity index (χ0n) is 24.9. The molecule has 1 aliphatic heterocycles. The van der Waals surface area contributed by atoms with Gasteiger partial charge in [0.25, 0.3) is 0 Å². The summed E-state index contributed by atoms with van der Waals surface area (Å²) in [5.41, 5.74) is 14.8. The number of aliphatic hydroxyl groups excluding tert-OH is 1. The second-order valence-corrected chi connectivity index (χ2v) is 13.2. The number of aromatic amines is 1. The highest BCUT2D eigenvalue weighted by atomic mass is 35.5. The molecule has 1 unspecified atom stereocenters. The molecule has 3 heterocycles. The molecule has 0 aliphatic carbocycles. The first-order chi connectivity index (χ1) is 21.0. The maximum atomic E-state index is 15.1. The van der Waals surface area contributed by atoms with Gasteiger partial charge < -0.3 is 21.6 Å². The van der Waals surface area contributed by atoms with E-state index in [2.05, 4.69) is 14.9 Å². The number of halogens is 2. The van der Waals surface area contributed by atoms with Gasteiger partial charge in [-0.05, 0) is 94.0 Å². The zero-order valence-corrected chi connectivity index (χ0v) is 26.5. The molecule has 7 N–H and O–H groups in total. The van der Waals surface area contributed by atoms with E-state index < -0.39 is 17.6 Å². The molecule has 0 radical (unpaired) electrons. The summed E-state index contributed by atoms with van der Waals surface area (Å²) in [6.45, 7) is 1.96. The summed E-state index contributed by atoms with van der Waals surface area (Å²) >= 11 is 7.54. The summed E-state index contributed by atoms with van der Waals surface area (Å²) in [6.07, 6.45) is 5.94. The zero-order chi connectivity index (χ0) is 31.5. The molecule has 234 valence electrons. The normalized spacial score (nSPS) is 19.8. The van der Waals surface area contributed by atoms with Crippen LogP contribution in [0.2, 0.25) is 5.02 Å². The molecule has 12 heteroatoms. The van der Waals surface area contributed by atoms with E-state index in [0.29, 0.717) is 40.2 Å². The number of aromatic nitrogens is 3. The highest BCUT2D eigenvalue weighted by molar-refractivity contribution is 8.13. The van der Waals surface area contributed by atoms with Crippen LogP contribution in [0.15, 0.2) is 53.5 Å². The first kappa shape index (κ1) is 32.2. The van der Waals surface area contributed by atoms with Crippen LogP contribution in [-0.4, -0.2) is 60.7 Å². The van der Waals surface area contributed by atoms with Crippen LogP contribution in [0, 0.1) is 11.2 Å². The maximum Gasteiger partial charge on any atom is 0.354 e. The summed E-state index contributed by atoms with van der Waals surface area (Å²) in [4.78, 5) is 22.6. The molecule has 0 bridgehead atoms. The van der Waals surface area contributed by atoms with Crippen LogP contribution >= 0.6 is 23.4 Å². The second-order valence-electron chi connectivity index (χ2n) is 11.7. The number of aryl methyl sites for hydroxylation is 1. The molecule has 0 spiro atoms. The highest BCUT2D eigenvalue weighted by Crippen LogP contribution is 2.35. The van der Waals surface area contributed by atoms with E-state index in [-0.39, 0.29) is 28.3 Å². The minimum atomic E-state index is -0.528. The summed E-state index contributed by atoms with van der Waals surface area (Å²) < 4.78 is 16.6. The van der Waals surface area contributed by atoms with Gasteiger partial charge in [0.1, 0.15) is 5.65 Å². The standard InChI is InChI=1S/C32H39ClFN7O2S/c1-18(35)4-3-5-19-14-23(29(34)24(33)15-19)25-16-21-17-41(32(43)39-30(21)38-25)22-8-6-20(7-9-22)26-10-11-28(42)27(40(26)2)12-13-44-31(36)37/h6-9,14-18,26-28,42H,3-5,10-13,35H2,1-2H3,(H3,36,37)(H,38,39,43)/t18-,26-,27+,28?/m0/s1. The third-order valence-corrected chi connectivity index (χ3v) is 9.46. The van der Waals surface area contributed by atoms with Crippen LogP contribution in [0.1, 0.15) is 56.2 Å². The van der Waals surface area contributed by atoms with Gasteiger partial charge in [-0.25, -0.2) is 9.18 Å². The first-order valence-corrected chi connectivity index (χ1v) is 16.2. The lowest BCUT2D eigenvalue weighted by molar-refractivity contribution is -0.00829. The minimum Gasteiger partial charge on any atom is -0.391 e. The lowest BCUT2D eigenvalue weighted by Gasteiger charge is -2.43. The fourth-order valence-electron chi connectivity index (χ4n) is 6.11. The Bertz CT molecular complexity index is 1690. The van der Waals surface area contributed by atoms with Gasteiger partial charge >= 0.3 is 5.69 Å². The van der Waals surface area contributed by atoms with Crippen LogP contribution in [0.5, 0.6) is 0 Å². The number of likely N-dealkylation sites (N-methyl/N-ethyl adjacent to an activating group) is 1. The lowest BCUT2D eigenvalue weighted by atomic mass is 9.88. The van der Waals surface area contributed by atoms with Crippen molar-refractivity contribution in [3.63, 3.8) is 0 Å². The number of aliphatic hydroxyl groups is 1. The molecular weight excluding hydrogens is 601 g/mol. The number of benzene rings is 2. The number of amidine groups is 1. The van der Waals surface area contributed by atoms with Gasteiger partial charge in [0, 0.05) is 41.0 Å².